The molecule has 0 atom stereocenters. The Morgan fingerprint density at radius 2 is 1.71 bits per heavy atom. The Balaban J connectivity index is 1.76. The number of hydrogen-bond acceptors (Lipinski definition) is 5. The molecule has 6 nitrogen and oxygen atoms in total. The van der Waals surface area contributed by atoms with E-state index < -0.39 is 17.6 Å². The second kappa shape index (κ2) is 8.34. The summed E-state index contributed by atoms with van der Waals surface area (Å²) in [4.78, 5) is 4.02. The highest BCUT2D eigenvalue weighted by Gasteiger charge is 2.31. The smallest absolute Gasteiger partial charge is 0.397 e. The monoisotopic (exact) mass is 430 g/mol. The van der Waals surface area contributed by atoms with Gasteiger partial charge in [0.1, 0.15) is 17.5 Å². The summed E-state index contributed by atoms with van der Waals surface area (Å²) in [5, 5.41) is 13.1. The largest absolute Gasteiger partial charge is 0.416 e. The molecule has 0 unspecified atom stereocenters. The van der Waals surface area contributed by atoms with Gasteiger partial charge >= 0.3 is 6.18 Å². The number of aromatic nitrogens is 1. The summed E-state index contributed by atoms with van der Waals surface area (Å²) in [5.74, 6) is -0.976. The summed E-state index contributed by atoms with van der Waals surface area (Å²) >= 11 is 0. The van der Waals surface area contributed by atoms with Crippen molar-refractivity contribution >= 4 is 22.9 Å². The van der Waals surface area contributed by atoms with Gasteiger partial charge in [-0.1, -0.05) is 18.7 Å². The van der Waals surface area contributed by atoms with Gasteiger partial charge in [-0.25, -0.2) is 4.39 Å². The Hall–Kier alpha value is -4.08. The third-order valence-electron chi connectivity index (χ3n) is 4.31. The molecule has 0 fully saturated rings. The Morgan fingerprint density at radius 1 is 1.03 bits per heavy atom. The fourth-order valence-electron chi connectivity index (χ4n) is 2.89. The van der Waals surface area contributed by atoms with E-state index in [9.17, 15) is 17.6 Å². The average Bonchev–Trinajstić information content (AvgIpc) is 2.69. The quantitative estimate of drug-likeness (QED) is 0.220. The van der Waals surface area contributed by atoms with Crippen LogP contribution in [0.1, 0.15) is 11.1 Å². The molecule has 0 aliphatic heterocycles. The van der Waals surface area contributed by atoms with E-state index in [4.69, 9.17) is 16.9 Å². The minimum Gasteiger partial charge on any atom is -0.397 e. The zero-order valence-electron chi connectivity index (χ0n) is 16.0. The fourth-order valence-corrected chi connectivity index (χ4v) is 2.89. The van der Waals surface area contributed by atoms with Gasteiger partial charge in [0.15, 0.2) is 0 Å². The first-order valence-electron chi connectivity index (χ1n) is 8.84. The van der Waals surface area contributed by atoms with Crippen molar-refractivity contribution in [2.45, 2.75) is 6.18 Å². The number of nitrogens with two attached hydrogens (primary N) is 2. The molecule has 0 bridgehead atoms. The van der Waals surface area contributed by atoms with Crippen LogP contribution in [0.15, 0.2) is 67.3 Å². The lowest BCUT2D eigenvalue weighted by atomic mass is 10.00. The highest BCUT2D eigenvalue weighted by atomic mass is 19.4. The molecule has 31 heavy (non-hydrogen) atoms. The lowest BCUT2D eigenvalue weighted by molar-refractivity contribution is -0.137. The molecule has 0 aliphatic rings. The van der Waals surface area contributed by atoms with Gasteiger partial charge in [-0.3, -0.25) is 10.4 Å². The summed E-state index contributed by atoms with van der Waals surface area (Å²) in [6.07, 6.45) is -1.66. The third kappa shape index (κ3) is 4.92. The molecular formula is C21H18F4N6. The Labute approximate surface area is 175 Å². The van der Waals surface area contributed by atoms with Crippen molar-refractivity contribution in [2.24, 2.45) is 5.73 Å². The molecule has 1 aromatic heterocycles. The van der Waals surface area contributed by atoms with Gasteiger partial charge in [0.2, 0.25) is 0 Å². The number of amidine groups is 1. The molecule has 7 N–H and O–H groups in total. The summed E-state index contributed by atoms with van der Waals surface area (Å²) in [5.41, 5.74) is 12.6. The average molecular weight is 430 g/mol. The van der Waals surface area contributed by atoms with Crippen molar-refractivity contribution in [3.63, 3.8) is 0 Å². The Kier molecular flexibility index (Phi) is 5.82. The Morgan fingerprint density at radius 3 is 2.32 bits per heavy atom. The van der Waals surface area contributed by atoms with Crippen molar-refractivity contribution in [3.8, 4) is 11.1 Å². The van der Waals surface area contributed by atoms with Crippen LogP contribution in [0.4, 0.5) is 34.6 Å². The first kappa shape index (κ1) is 21.6. The van der Waals surface area contributed by atoms with Crippen LogP contribution in [-0.2, 0) is 6.18 Å². The number of nitrogens with zero attached hydrogens (tertiary/aromatic N) is 1. The first-order chi connectivity index (χ1) is 14.6. The van der Waals surface area contributed by atoms with Crippen LogP contribution < -0.4 is 22.1 Å². The maximum Gasteiger partial charge on any atom is 0.416 e. The predicted octanol–water partition coefficient (Wildman–Crippen LogP) is 4.77. The van der Waals surface area contributed by atoms with Crippen molar-refractivity contribution in [2.75, 3.05) is 16.4 Å². The van der Waals surface area contributed by atoms with E-state index in [2.05, 4.69) is 22.2 Å². The van der Waals surface area contributed by atoms with Crippen LogP contribution >= 0.6 is 0 Å². The number of alkyl halides is 3. The van der Waals surface area contributed by atoms with Gasteiger partial charge in [-0.05, 0) is 35.9 Å². The van der Waals surface area contributed by atoms with Crippen LogP contribution in [0.5, 0.6) is 0 Å². The topological polar surface area (TPSA) is 113 Å². The minimum absolute atomic E-state index is 0.0704. The first-order valence-corrected chi connectivity index (χ1v) is 8.84. The standard InChI is InChI=1S/C21H18F4N6/c1-11(31-18-8-13(21(23,24)25)4-7-16(18)22)30-14-5-2-12(3-6-14)15-9-29-10-17(26)19(15)20(27)28/h2-10,30-31H,1,26H2,(H3,27,28). The van der Waals surface area contributed by atoms with Gasteiger partial charge in [0.05, 0.1) is 23.1 Å². The number of hydrogen-bond donors (Lipinski definition) is 5. The molecule has 1 heterocycles. The van der Waals surface area contributed by atoms with Gasteiger partial charge in [0, 0.05) is 23.0 Å². The van der Waals surface area contributed by atoms with E-state index in [1.165, 1.54) is 12.4 Å². The minimum atomic E-state index is -4.59. The van der Waals surface area contributed by atoms with Gasteiger partial charge in [-0.15, -0.1) is 0 Å². The Bertz CT molecular complexity index is 1140. The molecule has 0 saturated heterocycles. The fraction of sp³-hybridized carbons (Fsp3) is 0.0476. The van der Waals surface area contributed by atoms with E-state index in [-0.39, 0.29) is 23.0 Å². The molecule has 2 aromatic carbocycles. The van der Waals surface area contributed by atoms with Crippen molar-refractivity contribution in [3.05, 3.63) is 84.2 Å². The van der Waals surface area contributed by atoms with E-state index >= 15 is 0 Å². The van der Waals surface area contributed by atoms with Crippen LogP contribution in [0, 0.1) is 11.2 Å². The summed E-state index contributed by atoms with van der Waals surface area (Å²) in [6, 6.07) is 8.82. The van der Waals surface area contributed by atoms with Crippen LogP contribution in [0.2, 0.25) is 0 Å². The molecule has 160 valence electrons. The lowest BCUT2D eigenvalue weighted by Crippen LogP contribution is -2.15. The lowest BCUT2D eigenvalue weighted by Gasteiger charge is -2.15. The molecular weight excluding hydrogens is 412 g/mol. The molecule has 0 aliphatic carbocycles. The maximum atomic E-state index is 13.9. The van der Waals surface area contributed by atoms with E-state index in [1.54, 1.807) is 24.3 Å². The molecule has 0 saturated carbocycles. The number of nitrogen functional groups attached to an aromatic ring is 2. The second-order valence-electron chi connectivity index (χ2n) is 6.56. The highest BCUT2D eigenvalue weighted by Crippen LogP contribution is 2.32. The van der Waals surface area contributed by atoms with Crippen LogP contribution in [-0.4, -0.2) is 10.8 Å². The number of benzene rings is 2. The maximum absolute atomic E-state index is 13.9. The summed E-state index contributed by atoms with van der Waals surface area (Å²) < 4.78 is 52.4. The van der Waals surface area contributed by atoms with Crippen molar-refractivity contribution < 1.29 is 17.6 Å². The molecule has 0 radical (unpaired) electrons. The number of nitrogens with one attached hydrogen (secondary N) is 3. The predicted molar refractivity (Wildman–Crippen MR) is 113 cm³/mol. The zero-order valence-corrected chi connectivity index (χ0v) is 16.0. The number of rotatable bonds is 6. The number of halogens is 4. The summed E-state index contributed by atoms with van der Waals surface area (Å²) in [7, 11) is 0. The van der Waals surface area contributed by atoms with E-state index in [1.807, 2.05) is 0 Å². The number of pyridine rings is 1. The highest BCUT2D eigenvalue weighted by molar-refractivity contribution is 6.05. The van der Waals surface area contributed by atoms with Gasteiger partial charge < -0.3 is 22.1 Å². The molecule has 3 aromatic rings. The normalized spacial score (nSPS) is 11.1. The molecule has 3 rings (SSSR count). The zero-order chi connectivity index (χ0) is 22.8. The molecule has 0 spiro atoms. The SMILES string of the molecule is C=C(Nc1ccc(-c2cncc(N)c2C(=N)N)cc1)Nc1cc(C(F)(F)F)ccc1F. The van der Waals surface area contributed by atoms with Crippen LogP contribution in [0.25, 0.3) is 11.1 Å². The van der Waals surface area contributed by atoms with E-state index in [0.717, 1.165) is 6.07 Å². The van der Waals surface area contributed by atoms with Gasteiger partial charge in [-0.2, -0.15) is 13.2 Å². The van der Waals surface area contributed by atoms with Crippen LogP contribution in [0.3, 0.4) is 0 Å². The number of anilines is 3. The van der Waals surface area contributed by atoms with Crippen molar-refractivity contribution in [1.29, 1.82) is 5.41 Å². The van der Waals surface area contributed by atoms with E-state index in [0.29, 0.717) is 34.5 Å². The molecule has 10 heteroatoms. The third-order valence-corrected chi connectivity index (χ3v) is 4.31. The van der Waals surface area contributed by atoms with Crippen molar-refractivity contribution in [1.82, 2.24) is 4.98 Å². The second-order valence-corrected chi connectivity index (χ2v) is 6.56. The van der Waals surface area contributed by atoms with Gasteiger partial charge in [0.25, 0.3) is 0 Å². The molecule has 0 amide bonds. The summed E-state index contributed by atoms with van der Waals surface area (Å²) in [6.45, 7) is 3.67.